The van der Waals surface area contributed by atoms with Crippen molar-refractivity contribution in [2.75, 3.05) is 12.3 Å². The number of nitrogens with zero attached hydrogens (tertiary/aromatic N) is 1. The number of para-hydroxylation sites is 1. The highest BCUT2D eigenvalue weighted by Gasteiger charge is 2.56. The largest absolute Gasteiger partial charge is 0.480 e. The molecule has 3 N–H and O–H groups in total. The van der Waals surface area contributed by atoms with E-state index >= 15 is 0 Å². The Morgan fingerprint density at radius 2 is 2.21 bits per heavy atom. The van der Waals surface area contributed by atoms with Gasteiger partial charge in [0.05, 0.1) is 5.88 Å². The van der Waals surface area contributed by atoms with Crippen molar-refractivity contribution in [2.24, 2.45) is 5.73 Å². The summed E-state index contributed by atoms with van der Waals surface area (Å²) in [6, 6.07) is 11.0. The third-order valence-electron chi connectivity index (χ3n) is 5.49. The molecule has 9 heteroatoms. The van der Waals surface area contributed by atoms with Crippen LogP contribution in [0.5, 0.6) is 0 Å². The topological polar surface area (TPSA) is 96.8 Å². The van der Waals surface area contributed by atoms with Crippen molar-refractivity contribution in [1.82, 2.24) is 4.90 Å². The van der Waals surface area contributed by atoms with Crippen LogP contribution >= 0.6 is 35.1 Å². The minimum atomic E-state index is -1.13. The molecule has 5 rings (SSSR count). The van der Waals surface area contributed by atoms with Gasteiger partial charge >= 0.3 is 5.97 Å². The van der Waals surface area contributed by atoms with Gasteiger partial charge in [-0.1, -0.05) is 18.2 Å². The predicted molar refractivity (Wildman–Crippen MR) is 115 cm³/mol. The van der Waals surface area contributed by atoms with Crippen LogP contribution in [0, 0.1) is 0 Å². The number of carboxylic acids is 1. The zero-order chi connectivity index (χ0) is 20.3. The number of hydrogen-bond acceptors (Lipinski definition) is 6. The van der Waals surface area contributed by atoms with E-state index in [2.05, 4.69) is 0 Å². The Hall–Kier alpha value is -1.87. The molecule has 0 radical (unpaired) electrons. The lowest BCUT2D eigenvalue weighted by Gasteiger charge is -2.52. The molecule has 1 amide bonds. The maximum atomic E-state index is 12.2. The number of carbonyl (C=O) groups is 2. The van der Waals surface area contributed by atoms with Gasteiger partial charge < -0.3 is 20.2 Å². The number of aliphatic carboxylic acids is 1. The summed E-state index contributed by atoms with van der Waals surface area (Å²) in [6.45, 7) is 0.145. The van der Waals surface area contributed by atoms with Gasteiger partial charge in [0.1, 0.15) is 27.3 Å². The Bertz CT molecular complexity index is 1170. The minimum Gasteiger partial charge on any atom is -0.480 e. The number of nitrogens with two attached hydrogens (primary N) is 1. The van der Waals surface area contributed by atoms with Crippen LogP contribution in [-0.4, -0.2) is 50.3 Å². The van der Waals surface area contributed by atoms with Gasteiger partial charge in [0.15, 0.2) is 0 Å². The third kappa shape index (κ3) is 2.84. The highest BCUT2D eigenvalue weighted by Crippen LogP contribution is 2.46. The Kier molecular flexibility index (Phi) is 4.51. The van der Waals surface area contributed by atoms with Gasteiger partial charge in [-0.15, -0.1) is 35.1 Å². The molecule has 1 unspecified atom stereocenters. The van der Waals surface area contributed by atoms with E-state index in [-0.39, 0.29) is 17.8 Å². The number of β-lactam (4-membered cyclic amide) rings is 1. The number of halogens is 1. The second kappa shape index (κ2) is 6.84. The van der Waals surface area contributed by atoms with Gasteiger partial charge in [0, 0.05) is 33.5 Å². The monoisotopic (exact) mass is 448 g/mol. The van der Waals surface area contributed by atoms with E-state index in [9.17, 15) is 14.7 Å². The second-order valence-electron chi connectivity index (χ2n) is 7.28. The number of furan rings is 1. The van der Waals surface area contributed by atoms with E-state index in [4.69, 9.17) is 21.8 Å². The lowest BCUT2D eigenvalue weighted by Crippen LogP contribution is -2.73. The summed E-state index contributed by atoms with van der Waals surface area (Å²) in [6.07, 6.45) is 0. The van der Waals surface area contributed by atoms with Crippen LogP contribution in [0.2, 0.25) is 0 Å². The van der Waals surface area contributed by atoms with Gasteiger partial charge in [-0.25, -0.2) is 0 Å². The number of carboxylic acid groups (broad SMARTS) is 1. The third-order valence-corrected chi connectivity index (χ3v) is 8.84. The van der Waals surface area contributed by atoms with Crippen LogP contribution < -0.4 is 5.73 Å². The van der Waals surface area contributed by atoms with Crippen molar-refractivity contribution in [3.63, 3.8) is 0 Å². The molecule has 3 aromatic rings. The standard InChI is InChI=1S/C20H17ClN2O4S2/c21-7-10-2-1-3-13-12-5-4-11(6-14(12)27-16(10)13)29-20(19(25)26)8-23-17(24)15(22)18(23)28-9-20/h1-6,15,18H,7-9,22H2,(H,25,26)/t15-,18-,20?/m1/s1. The van der Waals surface area contributed by atoms with Crippen molar-refractivity contribution in [1.29, 1.82) is 0 Å². The summed E-state index contributed by atoms with van der Waals surface area (Å²) >= 11 is 8.72. The quantitative estimate of drug-likeness (QED) is 0.465. The van der Waals surface area contributed by atoms with Gasteiger partial charge in [-0.2, -0.15) is 0 Å². The number of rotatable bonds is 4. The average molecular weight is 449 g/mol. The summed E-state index contributed by atoms with van der Waals surface area (Å²) in [4.78, 5) is 26.6. The molecule has 0 spiro atoms. The zero-order valence-electron chi connectivity index (χ0n) is 15.1. The molecule has 6 nitrogen and oxygen atoms in total. The minimum absolute atomic E-state index is 0.123. The predicted octanol–water partition coefficient (Wildman–Crippen LogP) is 3.48. The number of fused-ring (bicyclic) bond motifs is 4. The van der Waals surface area contributed by atoms with Crippen molar-refractivity contribution < 1.29 is 19.1 Å². The van der Waals surface area contributed by atoms with Crippen molar-refractivity contribution in [2.45, 2.75) is 26.9 Å². The second-order valence-corrected chi connectivity index (χ2v) is 10.1. The summed E-state index contributed by atoms with van der Waals surface area (Å²) in [7, 11) is 0. The highest BCUT2D eigenvalue weighted by atomic mass is 35.5. The van der Waals surface area contributed by atoms with Gasteiger partial charge in [-0.05, 0) is 18.2 Å². The normalized spacial score (nSPS) is 26.6. The summed E-state index contributed by atoms with van der Waals surface area (Å²) < 4.78 is 4.92. The van der Waals surface area contributed by atoms with Crippen LogP contribution in [0.1, 0.15) is 5.56 Å². The fourth-order valence-corrected chi connectivity index (χ4v) is 6.95. The molecule has 150 valence electrons. The smallest absolute Gasteiger partial charge is 0.322 e. The molecule has 0 saturated carbocycles. The maximum Gasteiger partial charge on any atom is 0.322 e. The Morgan fingerprint density at radius 3 is 2.97 bits per heavy atom. The molecule has 2 saturated heterocycles. The SMILES string of the molecule is N[C@@H]1C(=O)N2CC(Sc3ccc4c(c3)oc3c(CCl)cccc34)(C(=O)O)CS[C@H]12. The highest BCUT2D eigenvalue weighted by molar-refractivity contribution is 8.05. The molecule has 3 atom stereocenters. The van der Waals surface area contributed by atoms with E-state index in [0.29, 0.717) is 17.2 Å². The van der Waals surface area contributed by atoms with Crippen LogP contribution in [0.4, 0.5) is 0 Å². The number of benzene rings is 2. The number of thioether (sulfide) groups is 2. The van der Waals surface area contributed by atoms with Gasteiger partial charge in [0.25, 0.3) is 0 Å². The number of alkyl halides is 1. The Labute approximate surface area is 179 Å². The molecule has 29 heavy (non-hydrogen) atoms. The van der Waals surface area contributed by atoms with E-state index < -0.39 is 16.8 Å². The summed E-state index contributed by atoms with van der Waals surface area (Å²) in [5.74, 6) is -0.389. The van der Waals surface area contributed by atoms with E-state index in [0.717, 1.165) is 26.8 Å². The molecule has 1 aromatic heterocycles. The number of amides is 1. The average Bonchev–Trinajstić information content (AvgIpc) is 3.10. The van der Waals surface area contributed by atoms with Gasteiger partial charge in [-0.3, -0.25) is 9.59 Å². The summed E-state index contributed by atoms with van der Waals surface area (Å²) in [5.41, 5.74) is 8.18. The molecule has 0 aliphatic carbocycles. The number of hydrogen-bond donors (Lipinski definition) is 2. The molecule has 2 aromatic carbocycles. The van der Waals surface area contributed by atoms with E-state index in [1.807, 2.05) is 36.4 Å². The van der Waals surface area contributed by atoms with Gasteiger partial charge in [0.2, 0.25) is 5.91 Å². The maximum absolute atomic E-state index is 12.2. The lowest BCUT2D eigenvalue weighted by atomic mass is 10.0. The first-order chi connectivity index (χ1) is 13.9. The fourth-order valence-electron chi connectivity index (χ4n) is 3.92. The molecule has 0 bridgehead atoms. The zero-order valence-corrected chi connectivity index (χ0v) is 17.5. The van der Waals surface area contributed by atoms with Crippen molar-refractivity contribution in [3.05, 3.63) is 42.0 Å². The first-order valence-electron chi connectivity index (χ1n) is 9.04. The molecular formula is C20H17ClN2O4S2. The summed E-state index contributed by atoms with van der Waals surface area (Å²) in [5, 5.41) is 11.8. The molecule has 2 aliphatic heterocycles. The Balaban J connectivity index is 1.50. The van der Waals surface area contributed by atoms with Crippen molar-refractivity contribution >= 4 is 68.9 Å². The van der Waals surface area contributed by atoms with Crippen LogP contribution in [0.3, 0.4) is 0 Å². The number of carbonyl (C=O) groups excluding carboxylic acids is 1. The molecular weight excluding hydrogens is 432 g/mol. The van der Waals surface area contributed by atoms with E-state index in [1.54, 1.807) is 4.90 Å². The van der Waals surface area contributed by atoms with E-state index in [1.165, 1.54) is 23.5 Å². The molecule has 3 heterocycles. The van der Waals surface area contributed by atoms with Crippen LogP contribution in [0.25, 0.3) is 21.9 Å². The van der Waals surface area contributed by atoms with Crippen LogP contribution in [0.15, 0.2) is 45.7 Å². The lowest BCUT2D eigenvalue weighted by molar-refractivity contribution is -0.148. The first kappa shape index (κ1) is 19.1. The molecule has 2 fully saturated rings. The van der Waals surface area contributed by atoms with Crippen LogP contribution in [-0.2, 0) is 15.5 Å². The fraction of sp³-hybridized carbons (Fsp3) is 0.300. The molecule has 2 aliphatic rings. The first-order valence-corrected chi connectivity index (χ1v) is 11.4. The van der Waals surface area contributed by atoms with Crippen molar-refractivity contribution in [3.8, 4) is 0 Å². The Morgan fingerprint density at radius 1 is 1.38 bits per heavy atom.